The van der Waals surface area contributed by atoms with Crippen LogP contribution in [0.5, 0.6) is 0 Å². The highest BCUT2D eigenvalue weighted by Gasteiger charge is 2.22. The molecule has 0 radical (unpaired) electrons. The average Bonchev–Trinajstić information content (AvgIpc) is 2.49. The second-order valence-corrected chi connectivity index (χ2v) is 5.27. The van der Waals surface area contributed by atoms with E-state index in [4.69, 9.17) is 4.74 Å². The van der Waals surface area contributed by atoms with Crippen LogP contribution in [0.25, 0.3) is 0 Å². The molecule has 1 amide bonds. The molecule has 2 N–H and O–H groups in total. The van der Waals surface area contributed by atoms with Gasteiger partial charge in [0.1, 0.15) is 0 Å². The summed E-state index contributed by atoms with van der Waals surface area (Å²) in [6, 6.07) is 8.20. The fourth-order valence-electron chi connectivity index (χ4n) is 2.59. The summed E-state index contributed by atoms with van der Waals surface area (Å²) in [4.78, 5) is 12.3. The zero-order valence-electron chi connectivity index (χ0n) is 12.3. The van der Waals surface area contributed by atoms with Gasteiger partial charge >= 0.3 is 0 Å². The van der Waals surface area contributed by atoms with Crippen molar-refractivity contribution in [2.75, 3.05) is 25.1 Å². The van der Waals surface area contributed by atoms with Crippen LogP contribution in [0.2, 0.25) is 0 Å². The van der Waals surface area contributed by atoms with Crippen molar-refractivity contribution in [1.82, 2.24) is 5.32 Å². The van der Waals surface area contributed by atoms with Crippen molar-refractivity contribution < 1.29 is 9.53 Å². The van der Waals surface area contributed by atoms with Gasteiger partial charge < -0.3 is 15.4 Å². The van der Waals surface area contributed by atoms with Crippen LogP contribution in [0, 0.1) is 5.92 Å². The maximum absolute atomic E-state index is 12.3. The van der Waals surface area contributed by atoms with Gasteiger partial charge in [-0.05, 0) is 37.9 Å². The van der Waals surface area contributed by atoms with Crippen molar-refractivity contribution in [3.8, 4) is 0 Å². The normalized spacial score (nSPS) is 20.4. The molecule has 1 fully saturated rings. The quantitative estimate of drug-likeness (QED) is 0.869. The monoisotopic (exact) mass is 276 g/mol. The predicted octanol–water partition coefficient (Wildman–Crippen LogP) is 2.72. The molecule has 110 valence electrons. The van der Waals surface area contributed by atoms with Gasteiger partial charge in [-0.25, -0.2) is 0 Å². The minimum Gasteiger partial charge on any atom is -0.381 e. The topological polar surface area (TPSA) is 50.4 Å². The summed E-state index contributed by atoms with van der Waals surface area (Å²) in [5.74, 6) is 0.0482. The highest BCUT2D eigenvalue weighted by atomic mass is 16.5. The first kappa shape index (κ1) is 15.0. The molecule has 2 unspecified atom stereocenters. The van der Waals surface area contributed by atoms with Gasteiger partial charge in [0.25, 0.3) is 0 Å². The molecule has 0 aromatic heterocycles. The van der Waals surface area contributed by atoms with Crippen LogP contribution in [0.1, 0.15) is 38.3 Å². The Balaban J connectivity index is 2.06. The third-order valence-corrected chi connectivity index (χ3v) is 3.73. The summed E-state index contributed by atoms with van der Waals surface area (Å²) < 4.78 is 5.38. The molecule has 0 saturated carbocycles. The highest BCUT2D eigenvalue weighted by molar-refractivity contribution is 5.93. The SMILES string of the molecule is CCNC(C)c1ccccc1NC(=O)C1CCCOC1. The Hall–Kier alpha value is -1.39. The van der Waals surface area contributed by atoms with Crippen LogP contribution in [0.4, 0.5) is 5.69 Å². The first-order valence-electron chi connectivity index (χ1n) is 7.43. The lowest BCUT2D eigenvalue weighted by Gasteiger charge is -2.23. The number of ether oxygens (including phenoxy) is 1. The summed E-state index contributed by atoms with van der Waals surface area (Å²) in [5, 5.41) is 6.44. The fourth-order valence-corrected chi connectivity index (χ4v) is 2.59. The molecular formula is C16H24N2O2. The van der Waals surface area contributed by atoms with E-state index in [1.54, 1.807) is 0 Å². The third-order valence-electron chi connectivity index (χ3n) is 3.73. The Morgan fingerprint density at radius 1 is 1.45 bits per heavy atom. The molecule has 1 heterocycles. The number of anilines is 1. The molecule has 1 aliphatic rings. The van der Waals surface area contributed by atoms with Crippen LogP contribution in [-0.4, -0.2) is 25.7 Å². The lowest BCUT2D eigenvalue weighted by Crippen LogP contribution is -2.31. The van der Waals surface area contributed by atoms with Crippen molar-refractivity contribution in [3.63, 3.8) is 0 Å². The number of para-hydroxylation sites is 1. The molecule has 0 spiro atoms. The fraction of sp³-hybridized carbons (Fsp3) is 0.562. The van der Waals surface area contributed by atoms with E-state index < -0.39 is 0 Å². The Labute approximate surface area is 120 Å². The second-order valence-electron chi connectivity index (χ2n) is 5.27. The van der Waals surface area contributed by atoms with E-state index in [9.17, 15) is 4.79 Å². The van der Waals surface area contributed by atoms with Gasteiger partial charge in [-0.1, -0.05) is 25.1 Å². The van der Waals surface area contributed by atoms with Crippen molar-refractivity contribution >= 4 is 11.6 Å². The molecule has 0 aliphatic carbocycles. The van der Waals surface area contributed by atoms with E-state index >= 15 is 0 Å². The summed E-state index contributed by atoms with van der Waals surface area (Å²) >= 11 is 0. The lowest BCUT2D eigenvalue weighted by atomic mass is 10.0. The van der Waals surface area contributed by atoms with Gasteiger partial charge in [0.2, 0.25) is 5.91 Å². The van der Waals surface area contributed by atoms with Crippen LogP contribution >= 0.6 is 0 Å². The summed E-state index contributed by atoms with van der Waals surface area (Å²) in [7, 11) is 0. The smallest absolute Gasteiger partial charge is 0.229 e. The van der Waals surface area contributed by atoms with Crippen LogP contribution < -0.4 is 10.6 Å². The number of rotatable bonds is 5. The molecule has 1 aliphatic heterocycles. The molecule has 0 bridgehead atoms. The molecule has 4 heteroatoms. The van der Waals surface area contributed by atoms with Gasteiger partial charge in [-0.3, -0.25) is 4.79 Å². The molecule has 1 aromatic rings. The Bertz CT molecular complexity index is 442. The van der Waals surface area contributed by atoms with E-state index in [0.29, 0.717) is 6.61 Å². The maximum Gasteiger partial charge on any atom is 0.229 e. The van der Waals surface area contributed by atoms with Gasteiger partial charge in [0.15, 0.2) is 0 Å². The van der Waals surface area contributed by atoms with Crippen molar-refractivity contribution in [2.45, 2.75) is 32.7 Å². The number of carbonyl (C=O) groups is 1. The molecule has 4 nitrogen and oxygen atoms in total. The van der Waals surface area contributed by atoms with Crippen molar-refractivity contribution in [2.24, 2.45) is 5.92 Å². The molecule has 1 saturated heterocycles. The standard InChI is InChI=1S/C16H24N2O2/c1-3-17-12(2)14-8-4-5-9-15(14)18-16(19)13-7-6-10-20-11-13/h4-5,8-9,12-13,17H,3,6-7,10-11H2,1-2H3,(H,18,19). The molecule has 20 heavy (non-hydrogen) atoms. The van der Waals surface area contributed by atoms with Gasteiger partial charge in [-0.15, -0.1) is 0 Å². The number of carbonyl (C=O) groups excluding carboxylic acids is 1. The minimum absolute atomic E-state index is 0.0220. The van der Waals surface area contributed by atoms with Crippen LogP contribution in [-0.2, 0) is 9.53 Å². The summed E-state index contributed by atoms with van der Waals surface area (Å²) in [6.45, 7) is 6.41. The molecular weight excluding hydrogens is 252 g/mol. The largest absolute Gasteiger partial charge is 0.381 e. The number of amides is 1. The predicted molar refractivity (Wildman–Crippen MR) is 80.7 cm³/mol. The van der Waals surface area contributed by atoms with Crippen LogP contribution in [0.3, 0.4) is 0 Å². The molecule has 2 atom stereocenters. The summed E-state index contributed by atoms with van der Waals surface area (Å²) in [6.07, 6.45) is 1.88. The first-order valence-corrected chi connectivity index (χ1v) is 7.43. The first-order chi connectivity index (χ1) is 9.72. The molecule has 2 rings (SSSR count). The van der Waals surface area contributed by atoms with Crippen molar-refractivity contribution in [1.29, 1.82) is 0 Å². The van der Waals surface area contributed by atoms with Gasteiger partial charge in [-0.2, -0.15) is 0 Å². The molecule has 1 aromatic carbocycles. The number of hydrogen-bond donors (Lipinski definition) is 2. The average molecular weight is 276 g/mol. The lowest BCUT2D eigenvalue weighted by molar-refractivity contribution is -0.123. The van der Waals surface area contributed by atoms with Gasteiger partial charge in [0.05, 0.1) is 12.5 Å². The summed E-state index contributed by atoms with van der Waals surface area (Å²) in [5.41, 5.74) is 2.02. The zero-order valence-corrected chi connectivity index (χ0v) is 12.3. The highest BCUT2D eigenvalue weighted by Crippen LogP contribution is 2.24. The van der Waals surface area contributed by atoms with E-state index in [-0.39, 0.29) is 17.9 Å². The Morgan fingerprint density at radius 2 is 2.25 bits per heavy atom. The van der Waals surface area contributed by atoms with E-state index in [1.807, 2.05) is 18.2 Å². The van der Waals surface area contributed by atoms with E-state index in [2.05, 4.69) is 30.5 Å². The van der Waals surface area contributed by atoms with Crippen LogP contribution in [0.15, 0.2) is 24.3 Å². The van der Waals surface area contributed by atoms with E-state index in [0.717, 1.165) is 37.2 Å². The second kappa shape index (κ2) is 7.41. The Morgan fingerprint density at radius 3 is 2.95 bits per heavy atom. The third kappa shape index (κ3) is 3.81. The van der Waals surface area contributed by atoms with Crippen molar-refractivity contribution in [3.05, 3.63) is 29.8 Å². The van der Waals surface area contributed by atoms with Gasteiger partial charge in [0, 0.05) is 18.3 Å². The minimum atomic E-state index is -0.0220. The number of hydrogen-bond acceptors (Lipinski definition) is 3. The number of benzene rings is 1. The number of nitrogens with one attached hydrogen (secondary N) is 2. The Kier molecular flexibility index (Phi) is 5.56. The maximum atomic E-state index is 12.3. The van der Waals surface area contributed by atoms with E-state index in [1.165, 1.54) is 0 Å². The zero-order chi connectivity index (χ0) is 14.4.